The first-order valence-corrected chi connectivity index (χ1v) is 11.7. The van der Waals surface area contributed by atoms with Crippen LogP contribution in [0.4, 0.5) is 11.4 Å². The summed E-state index contributed by atoms with van der Waals surface area (Å²) in [6.45, 7) is 1.97. The van der Waals surface area contributed by atoms with Crippen LogP contribution in [-0.4, -0.2) is 27.6 Å². The minimum Gasteiger partial charge on any atom is -0.484 e. The van der Waals surface area contributed by atoms with Gasteiger partial charge in [-0.3, -0.25) is 9.78 Å². The van der Waals surface area contributed by atoms with E-state index in [1.165, 1.54) is 0 Å². The summed E-state index contributed by atoms with van der Waals surface area (Å²) in [4.78, 5) is 22.5. The SMILES string of the molecule is Cc1ccc([C@H]2[C@@H](c3ccccn3)NC(=S)N2c2ccc(NC(=O)COc3ccccc3)cc2)[nH]1. The number of hydrogen-bond donors (Lipinski definition) is 3. The van der Waals surface area contributed by atoms with Crippen molar-refractivity contribution < 1.29 is 9.53 Å². The molecule has 0 aliphatic carbocycles. The van der Waals surface area contributed by atoms with Crippen molar-refractivity contribution >= 4 is 34.6 Å². The Morgan fingerprint density at radius 2 is 1.80 bits per heavy atom. The van der Waals surface area contributed by atoms with E-state index in [2.05, 4.69) is 37.6 Å². The molecule has 3 heterocycles. The highest BCUT2D eigenvalue weighted by molar-refractivity contribution is 7.80. The first-order chi connectivity index (χ1) is 17.1. The lowest BCUT2D eigenvalue weighted by atomic mass is 10.0. The number of H-pyrrole nitrogens is 1. The number of carbonyl (C=O) groups is 1. The van der Waals surface area contributed by atoms with Gasteiger partial charge in [-0.05, 0) is 79.8 Å². The predicted molar refractivity (Wildman–Crippen MR) is 140 cm³/mol. The number of thiocarbonyl (C=S) groups is 1. The molecule has 1 aliphatic heterocycles. The van der Waals surface area contributed by atoms with Gasteiger partial charge in [0, 0.05) is 29.0 Å². The van der Waals surface area contributed by atoms with E-state index in [1.54, 1.807) is 6.20 Å². The molecule has 0 unspecified atom stereocenters. The Kier molecular flexibility index (Phi) is 6.45. The normalized spacial score (nSPS) is 17.2. The number of anilines is 2. The number of aryl methyl sites for hydroxylation is 1. The zero-order chi connectivity index (χ0) is 24.2. The number of para-hydroxylation sites is 1. The molecule has 5 rings (SSSR count). The molecule has 7 nitrogen and oxygen atoms in total. The first-order valence-electron chi connectivity index (χ1n) is 11.3. The van der Waals surface area contributed by atoms with E-state index >= 15 is 0 Å². The quantitative estimate of drug-likeness (QED) is 0.324. The van der Waals surface area contributed by atoms with Gasteiger partial charge in [-0.1, -0.05) is 24.3 Å². The van der Waals surface area contributed by atoms with Gasteiger partial charge in [0.15, 0.2) is 11.7 Å². The van der Waals surface area contributed by atoms with Crippen LogP contribution in [0.5, 0.6) is 5.75 Å². The molecule has 2 aromatic carbocycles. The van der Waals surface area contributed by atoms with E-state index in [0.717, 1.165) is 22.8 Å². The molecule has 1 saturated heterocycles. The van der Waals surface area contributed by atoms with Gasteiger partial charge in [0.25, 0.3) is 5.91 Å². The number of pyridine rings is 1. The van der Waals surface area contributed by atoms with Gasteiger partial charge in [-0.2, -0.15) is 0 Å². The highest BCUT2D eigenvalue weighted by Gasteiger charge is 2.41. The van der Waals surface area contributed by atoms with E-state index in [4.69, 9.17) is 17.0 Å². The van der Waals surface area contributed by atoms with Crippen molar-refractivity contribution in [2.24, 2.45) is 0 Å². The van der Waals surface area contributed by atoms with Gasteiger partial charge in [0.2, 0.25) is 0 Å². The minimum absolute atomic E-state index is 0.0636. The summed E-state index contributed by atoms with van der Waals surface area (Å²) in [5.41, 5.74) is 4.63. The maximum atomic E-state index is 12.3. The number of carbonyl (C=O) groups excluding carboxylic acids is 1. The van der Waals surface area contributed by atoms with Crippen LogP contribution in [0.25, 0.3) is 0 Å². The highest BCUT2D eigenvalue weighted by Crippen LogP contribution is 2.41. The van der Waals surface area contributed by atoms with Crippen molar-refractivity contribution in [3.05, 3.63) is 108 Å². The molecule has 0 spiro atoms. The van der Waals surface area contributed by atoms with Crippen LogP contribution in [0.2, 0.25) is 0 Å². The Hall–Kier alpha value is -4.17. The zero-order valence-corrected chi connectivity index (χ0v) is 20.0. The second-order valence-corrected chi connectivity index (χ2v) is 8.68. The van der Waals surface area contributed by atoms with E-state index in [-0.39, 0.29) is 24.6 Å². The average molecular weight is 484 g/mol. The molecule has 0 bridgehead atoms. The Labute approximate surface area is 209 Å². The number of aromatic nitrogens is 2. The molecule has 0 radical (unpaired) electrons. The standard InChI is InChI=1S/C27H25N5O2S/c1-18-10-15-23(29-18)26-25(22-9-5-6-16-28-22)31-27(35)32(26)20-13-11-19(12-14-20)30-24(33)17-34-21-7-3-2-4-8-21/h2-16,25-26,29H,17H2,1H3,(H,30,33)(H,31,35)/t25-,26+/m1/s1. The molecular formula is C27H25N5O2S. The topological polar surface area (TPSA) is 82.3 Å². The number of ether oxygens (including phenoxy) is 1. The van der Waals surface area contributed by atoms with Crippen LogP contribution in [0.3, 0.4) is 0 Å². The predicted octanol–water partition coefficient (Wildman–Crippen LogP) is 4.91. The molecule has 1 aliphatic rings. The van der Waals surface area contributed by atoms with Crippen LogP contribution in [0, 0.1) is 6.92 Å². The molecule has 0 saturated carbocycles. The van der Waals surface area contributed by atoms with Crippen LogP contribution in [-0.2, 0) is 4.79 Å². The van der Waals surface area contributed by atoms with Crippen molar-refractivity contribution in [1.82, 2.24) is 15.3 Å². The van der Waals surface area contributed by atoms with E-state index < -0.39 is 0 Å². The van der Waals surface area contributed by atoms with E-state index in [9.17, 15) is 4.79 Å². The summed E-state index contributed by atoms with van der Waals surface area (Å²) in [5, 5.41) is 6.94. The molecule has 1 fully saturated rings. The maximum absolute atomic E-state index is 12.3. The van der Waals surface area contributed by atoms with Crippen molar-refractivity contribution in [2.75, 3.05) is 16.8 Å². The van der Waals surface area contributed by atoms with Gasteiger partial charge in [-0.25, -0.2) is 0 Å². The van der Waals surface area contributed by atoms with Crippen LogP contribution in [0.1, 0.15) is 29.2 Å². The number of rotatable bonds is 7. The maximum Gasteiger partial charge on any atom is 0.262 e. The second kappa shape index (κ2) is 9.99. The number of benzene rings is 2. The van der Waals surface area contributed by atoms with E-state index in [1.807, 2.05) is 79.7 Å². The Morgan fingerprint density at radius 1 is 1.03 bits per heavy atom. The monoisotopic (exact) mass is 483 g/mol. The first kappa shape index (κ1) is 22.6. The van der Waals surface area contributed by atoms with Gasteiger partial charge in [0.05, 0.1) is 11.7 Å². The second-order valence-electron chi connectivity index (χ2n) is 8.29. The van der Waals surface area contributed by atoms with Crippen LogP contribution >= 0.6 is 12.2 Å². The third-order valence-corrected chi connectivity index (χ3v) is 6.13. The van der Waals surface area contributed by atoms with Crippen LogP contribution < -0.4 is 20.3 Å². The molecule has 176 valence electrons. The molecule has 4 aromatic rings. The lowest BCUT2D eigenvalue weighted by Crippen LogP contribution is -2.29. The fourth-order valence-corrected chi connectivity index (χ4v) is 4.56. The van der Waals surface area contributed by atoms with Gasteiger partial charge in [-0.15, -0.1) is 0 Å². The highest BCUT2D eigenvalue weighted by atomic mass is 32.1. The largest absolute Gasteiger partial charge is 0.484 e. The third kappa shape index (κ3) is 5.02. The summed E-state index contributed by atoms with van der Waals surface area (Å²) < 4.78 is 5.52. The van der Waals surface area contributed by atoms with Crippen molar-refractivity contribution in [2.45, 2.75) is 19.0 Å². The molecular weight excluding hydrogens is 458 g/mol. The van der Waals surface area contributed by atoms with Crippen LogP contribution in [0.15, 0.2) is 91.1 Å². The molecule has 3 N–H and O–H groups in total. The molecule has 35 heavy (non-hydrogen) atoms. The number of amides is 1. The number of aromatic amines is 1. The number of hydrogen-bond acceptors (Lipinski definition) is 4. The fraction of sp³-hybridized carbons (Fsp3) is 0.148. The van der Waals surface area contributed by atoms with Gasteiger partial charge in [0.1, 0.15) is 11.8 Å². The van der Waals surface area contributed by atoms with Gasteiger partial charge >= 0.3 is 0 Å². The Balaban J connectivity index is 1.34. The molecule has 2 aromatic heterocycles. The average Bonchev–Trinajstić information content (AvgIpc) is 3.47. The summed E-state index contributed by atoms with van der Waals surface area (Å²) in [7, 11) is 0. The summed E-state index contributed by atoms with van der Waals surface area (Å²) in [5.74, 6) is 0.427. The summed E-state index contributed by atoms with van der Waals surface area (Å²) in [6.07, 6.45) is 1.79. The smallest absolute Gasteiger partial charge is 0.262 e. The Morgan fingerprint density at radius 3 is 2.49 bits per heavy atom. The lowest BCUT2D eigenvalue weighted by molar-refractivity contribution is -0.118. The van der Waals surface area contributed by atoms with E-state index in [0.29, 0.717) is 16.5 Å². The lowest BCUT2D eigenvalue weighted by Gasteiger charge is -2.27. The number of nitrogens with zero attached hydrogens (tertiary/aromatic N) is 2. The zero-order valence-electron chi connectivity index (χ0n) is 19.1. The summed E-state index contributed by atoms with van der Waals surface area (Å²) >= 11 is 5.75. The summed E-state index contributed by atoms with van der Waals surface area (Å²) in [6, 6.07) is 26.7. The van der Waals surface area contributed by atoms with Crippen molar-refractivity contribution in [3.8, 4) is 5.75 Å². The minimum atomic E-state index is -0.227. The number of nitrogens with one attached hydrogen (secondary N) is 3. The fourth-order valence-electron chi connectivity index (χ4n) is 4.22. The Bertz CT molecular complexity index is 1310. The van der Waals surface area contributed by atoms with Gasteiger partial charge < -0.3 is 25.3 Å². The molecule has 1 amide bonds. The van der Waals surface area contributed by atoms with Crippen molar-refractivity contribution in [3.63, 3.8) is 0 Å². The molecule has 8 heteroatoms. The third-order valence-electron chi connectivity index (χ3n) is 5.81. The van der Waals surface area contributed by atoms with Crippen molar-refractivity contribution in [1.29, 1.82) is 0 Å². The molecule has 2 atom stereocenters.